The Bertz CT molecular complexity index is 1290. The van der Waals surface area contributed by atoms with Crippen molar-refractivity contribution in [3.05, 3.63) is 102 Å². The van der Waals surface area contributed by atoms with Crippen molar-refractivity contribution < 1.29 is 22.4 Å². The van der Waals surface area contributed by atoms with E-state index in [9.17, 15) is 22.4 Å². The molecule has 0 aliphatic carbocycles. The second-order valence-electron chi connectivity index (χ2n) is 9.10. The summed E-state index contributed by atoms with van der Waals surface area (Å²) in [5, 5.41) is 2.92. The van der Waals surface area contributed by atoms with Crippen LogP contribution in [0.5, 0.6) is 0 Å². The number of hydrogen-bond acceptors (Lipinski definition) is 4. The highest BCUT2D eigenvalue weighted by molar-refractivity contribution is 7.92. The molecule has 1 unspecified atom stereocenters. The van der Waals surface area contributed by atoms with E-state index >= 15 is 0 Å². The van der Waals surface area contributed by atoms with E-state index < -0.39 is 34.3 Å². The molecule has 202 valence electrons. The maximum absolute atomic E-state index is 13.9. The van der Waals surface area contributed by atoms with Gasteiger partial charge in [0.05, 0.1) is 11.9 Å². The number of nitrogens with zero attached hydrogens (tertiary/aromatic N) is 2. The number of hydrogen-bond donors (Lipinski definition) is 1. The van der Waals surface area contributed by atoms with Crippen LogP contribution in [-0.4, -0.2) is 50.5 Å². The first-order valence-electron chi connectivity index (χ1n) is 12.6. The Labute approximate surface area is 224 Å². The van der Waals surface area contributed by atoms with Crippen molar-refractivity contribution in [2.75, 3.05) is 23.7 Å². The third-order valence-corrected chi connectivity index (χ3v) is 7.23. The zero-order valence-corrected chi connectivity index (χ0v) is 22.5. The van der Waals surface area contributed by atoms with E-state index in [4.69, 9.17) is 0 Å². The van der Waals surface area contributed by atoms with Gasteiger partial charge in [0.1, 0.15) is 18.4 Å². The van der Waals surface area contributed by atoms with Crippen LogP contribution in [-0.2, 0) is 32.6 Å². The molecule has 0 aliphatic rings. The molecule has 0 radical (unpaired) electrons. The SMILES string of the molecule is CCCCNC(=O)C(Cc1ccccc1)N(Cc1ccc(F)cc1)C(=O)CN(c1ccccc1)S(C)(=O)=O. The Kier molecular flexibility index (Phi) is 10.4. The normalized spacial score (nSPS) is 12.0. The Morgan fingerprint density at radius 3 is 2.08 bits per heavy atom. The van der Waals surface area contributed by atoms with E-state index in [0.29, 0.717) is 17.8 Å². The summed E-state index contributed by atoms with van der Waals surface area (Å²) in [6, 6.07) is 22.4. The van der Waals surface area contributed by atoms with Crippen LogP contribution < -0.4 is 9.62 Å². The number of carbonyl (C=O) groups is 2. The van der Waals surface area contributed by atoms with Gasteiger partial charge in [0.2, 0.25) is 21.8 Å². The summed E-state index contributed by atoms with van der Waals surface area (Å²) in [5.74, 6) is -1.30. The van der Waals surface area contributed by atoms with Gasteiger partial charge in [-0.05, 0) is 41.8 Å². The third kappa shape index (κ3) is 8.41. The molecule has 3 aromatic carbocycles. The maximum atomic E-state index is 13.9. The molecule has 0 aliphatic heterocycles. The van der Waals surface area contributed by atoms with Crippen LogP contribution in [0.15, 0.2) is 84.9 Å². The Morgan fingerprint density at radius 2 is 1.50 bits per heavy atom. The molecule has 0 saturated carbocycles. The Morgan fingerprint density at radius 1 is 0.895 bits per heavy atom. The molecular formula is C29H34FN3O4S. The van der Waals surface area contributed by atoms with Gasteiger partial charge in [-0.2, -0.15) is 0 Å². The van der Waals surface area contributed by atoms with Crippen molar-refractivity contribution >= 4 is 27.5 Å². The number of unbranched alkanes of at least 4 members (excludes halogenated alkanes) is 1. The number of benzene rings is 3. The number of rotatable bonds is 13. The monoisotopic (exact) mass is 539 g/mol. The van der Waals surface area contributed by atoms with Gasteiger partial charge in [-0.25, -0.2) is 12.8 Å². The van der Waals surface area contributed by atoms with Crippen molar-refractivity contribution in [3.63, 3.8) is 0 Å². The van der Waals surface area contributed by atoms with Crippen molar-refractivity contribution in [3.8, 4) is 0 Å². The average molecular weight is 540 g/mol. The van der Waals surface area contributed by atoms with Crippen molar-refractivity contribution in [2.24, 2.45) is 0 Å². The van der Waals surface area contributed by atoms with E-state index in [-0.39, 0.29) is 18.9 Å². The lowest BCUT2D eigenvalue weighted by atomic mass is 10.0. The number of anilines is 1. The molecule has 0 spiro atoms. The fraction of sp³-hybridized carbons (Fsp3) is 0.310. The van der Waals surface area contributed by atoms with Gasteiger partial charge in [0.15, 0.2) is 0 Å². The third-order valence-electron chi connectivity index (χ3n) is 6.09. The second kappa shape index (κ2) is 13.7. The highest BCUT2D eigenvalue weighted by atomic mass is 32.2. The summed E-state index contributed by atoms with van der Waals surface area (Å²) >= 11 is 0. The minimum atomic E-state index is -3.81. The molecule has 9 heteroatoms. The fourth-order valence-corrected chi connectivity index (χ4v) is 4.90. The predicted octanol–water partition coefficient (Wildman–Crippen LogP) is 4.15. The number of amides is 2. The molecule has 38 heavy (non-hydrogen) atoms. The van der Waals surface area contributed by atoms with Gasteiger partial charge in [0, 0.05) is 19.5 Å². The molecular weight excluding hydrogens is 505 g/mol. The lowest BCUT2D eigenvalue weighted by molar-refractivity contribution is -0.140. The van der Waals surface area contributed by atoms with Gasteiger partial charge < -0.3 is 10.2 Å². The van der Waals surface area contributed by atoms with Crippen LogP contribution in [0.25, 0.3) is 0 Å². The van der Waals surface area contributed by atoms with Crippen molar-refractivity contribution in [1.29, 1.82) is 0 Å². The van der Waals surface area contributed by atoms with Crippen LogP contribution in [0.3, 0.4) is 0 Å². The average Bonchev–Trinajstić information content (AvgIpc) is 2.90. The van der Waals surface area contributed by atoms with E-state index in [1.54, 1.807) is 42.5 Å². The molecule has 3 aromatic rings. The summed E-state index contributed by atoms with van der Waals surface area (Å²) in [5.41, 5.74) is 1.81. The van der Waals surface area contributed by atoms with Crippen molar-refractivity contribution in [2.45, 2.75) is 38.8 Å². The Balaban J connectivity index is 2.01. The number of sulfonamides is 1. The summed E-state index contributed by atoms with van der Waals surface area (Å²) in [4.78, 5) is 28.7. The maximum Gasteiger partial charge on any atom is 0.244 e. The lowest BCUT2D eigenvalue weighted by Crippen LogP contribution is -2.53. The zero-order valence-electron chi connectivity index (χ0n) is 21.7. The smallest absolute Gasteiger partial charge is 0.244 e. The van der Waals surface area contributed by atoms with E-state index in [2.05, 4.69) is 5.32 Å². The van der Waals surface area contributed by atoms with Crippen molar-refractivity contribution in [1.82, 2.24) is 10.2 Å². The van der Waals surface area contributed by atoms with Crippen LogP contribution in [0.2, 0.25) is 0 Å². The molecule has 2 amide bonds. The first-order valence-corrected chi connectivity index (χ1v) is 14.4. The molecule has 1 N–H and O–H groups in total. The Hall–Kier alpha value is -3.72. The van der Waals surface area contributed by atoms with Crippen LogP contribution in [0, 0.1) is 5.82 Å². The predicted molar refractivity (Wildman–Crippen MR) is 147 cm³/mol. The molecule has 0 saturated heterocycles. The fourth-order valence-electron chi connectivity index (χ4n) is 4.05. The van der Waals surface area contributed by atoms with Crippen LogP contribution in [0.4, 0.5) is 10.1 Å². The van der Waals surface area contributed by atoms with E-state index in [0.717, 1.165) is 29.0 Å². The minimum absolute atomic E-state index is 0.00417. The standard InChI is InChI=1S/C29H34FN3O4S/c1-3-4-19-31-29(35)27(20-23-11-7-5-8-12-23)32(21-24-15-17-25(30)18-16-24)28(34)22-33(38(2,36)37)26-13-9-6-10-14-26/h5-18,27H,3-4,19-22H2,1-2H3,(H,31,35). The summed E-state index contributed by atoms with van der Waals surface area (Å²) in [7, 11) is -3.81. The minimum Gasteiger partial charge on any atom is -0.354 e. The number of nitrogens with one attached hydrogen (secondary N) is 1. The molecule has 7 nitrogen and oxygen atoms in total. The molecule has 0 fully saturated rings. The van der Waals surface area contributed by atoms with Crippen LogP contribution >= 0.6 is 0 Å². The number of carbonyl (C=O) groups excluding carboxylic acids is 2. The summed E-state index contributed by atoms with van der Waals surface area (Å²) in [6.07, 6.45) is 2.94. The van der Waals surface area contributed by atoms with Gasteiger partial charge >= 0.3 is 0 Å². The molecule has 0 aromatic heterocycles. The quantitative estimate of drug-likeness (QED) is 0.331. The largest absolute Gasteiger partial charge is 0.354 e. The molecule has 0 bridgehead atoms. The highest BCUT2D eigenvalue weighted by Crippen LogP contribution is 2.20. The topological polar surface area (TPSA) is 86.8 Å². The summed E-state index contributed by atoms with van der Waals surface area (Å²) in [6.45, 7) is 1.99. The van der Waals surface area contributed by atoms with E-state index in [1.807, 2.05) is 37.3 Å². The van der Waals surface area contributed by atoms with E-state index in [1.165, 1.54) is 17.0 Å². The number of para-hydroxylation sites is 1. The van der Waals surface area contributed by atoms with Gasteiger partial charge in [0.25, 0.3) is 0 Å². The van der Waals surface area contributed by atoms with Crippen LogP contribution in [0.1, 0.15) is 30.9 Å². The summed E-state index contributed by atoms with van der Waals surface area (Å²) < 4.78 is 40.0. The molecule has 1 atom stereocenters. The second-order valence-corrected chi connectivity index (χ2v) is 11.0. The van der Waals surface area contributed by atoms with Gasteiger partial charge in [-0.3, -0.25) is 13.9 Å². The number of halogens is 1. The van der Waals surface area contributed by atoms with Gasteiger partial charge in [-0.15, -0.1) is 0 Å². The lowest BCUT2D eigenvalue weighted by Gasteiger charge is -2.33. The zero-order chi connectivity index (χ0) is 27.5. The molecule has 0 heterocycles. The van der Waals surface area contributed by atoms with Gasteiger partial charge in [-0.1, -0.05) is 74.0 Å². The highest BCUT2D eigenvalue weighted by Gasteiger charge is 2.32. The molecule has 3 rings (SSSR count). The first kappa shape index (κ1) is 28.8. The first-order chi connectivity index (χ1) is 18.2.